The van der Waals surface area contributed by atoms with E-state index >= 15 is 0 Å². The van der Waals surface area contributed by atoms with Gasteiger partial charge in [0.2, 0.25) is 5.95 Å². The molecule has 0 bridgehead atoms. The number of likely N-dealkylation sites (tertiary alicyclic amines) is 1. The van der Waals surface area contributed by atoms with Gasteiger partial charge in [0.1, 0.15) is 5.82 Å². The van der Waals surface area contributed by atoms with E-state index in [2.05, 4.69) is 24.8 Å². The maximum absolute atomic E-state index is 12.9. The lowest BCUT2D eigenvalue weighted by Crippen LogP contribution is -2.34. The molecule has 0 atom stereocenters. The largest absolute Gasteiger partial charge is 0.354 e. The Bertz CT molecular complexity index is 747. The van der Waals surface area contributed by atoms with Crippen LogP contribution in [0.3, 0.4) is 0 Å². The Morgan fingerprint density at radius 2 is 1.46 bits per heavy atom. The smallest absolute Gasteiger partial charge is 0.257 e. The topological polar surface area (TPSA) is 65.5 Å². The highest BCUT2D eigenvalue weighted by Gasteiger charge is 2.26. The first-order valence-corrected chi connectivity index (χ1v) is 9.34. The van der Waals surface area contributed by atoms with E-state index in [0.717, 1.165) is 75.9 Å². The summed E-state index contributed by atoms with van der Waals surface area (Å²) in [6.45, 7) is 5.11. The molecule has 1 amide bonds. The maximum Gasteiger partial charge on any atom is 0.257 e. The average molecular weight is 352 g/mol. The van der Waals surface area contributed by atoms with Gasteiger partial charge >= 0.3 is 0 Å². The Morgan fingerprint density at radius 3 is 2.27 bits per heavy atom. The van der Waals surface area contributed by atoms with Crippen molar-refractivity contribution in [2.75, 3.05) is 49.1 Å². The lowest BCUT2D eigenvalue weighted by molar-refractivity contribution is 0.0793. The van der Waals surface area contributed by atoms with E-state index < -0.39 is 0 Å². The molecule has 2 saturated heterocycles. The summed E-state index contributed by atoms with van der Waals surface area (Å²) in [5, 5.41) is 0. The summed E-state index contributed by atoms with van der Waals surface area (Å²) in [6, 6.07) is 5.60. The lowest BCUT2D eigenvalue weighted by Gasteiger charge is -2.25. The Labute approximate surface area is 153 Å². The number of amides is 1. The second-order valence-corrected chi connectivity index (χ2v) is 6.75. The Balaban J connectivity index is 1.52. The Hall–Kier alpha value is -2.70. The minimum atomic E-state index is 0.109. The van der Waals surface area contributed by atoms with Crippen molar-refractivity contribution in [2.24, 2.45) is 0 Å². The zero-order chi connectivity index (χ0) is 17.8. The van der Waals surface area contributed by atoms with Crippen molar-refractivity contribution >= 4 is 17.7 Å². The zero-order valence-electron chi connectivity index (χ0n) is 14.9. The summed E-state index contributed by atoms with van der Waals surface area (Å²) in [6.07, 6.45) is 8.49. The van der Waals surface area contributed by atoms with Gasteiger partial charge in [-0.1, -0.05) is 0 Å². The van der Waals surface area contributed by atoms with Crippen LogP contribution in [0, 0.1) is 0 Å². The molecule has 0 aromatic carbocycles. The first kappa shape index (κ1) is 16.8. The Kier molecular flexibility index (Phi) is 4.95. The molecule has 2 aromatic heterocycles. The summed E-state index contributed by atoms with van der Waals surface area (Å²) in [7, 11) is 0. The highest BCUT2D eigenvalue weighted by Crippen LogP contribution is 2.23. The van der Waals surface area contributed by atoms with Crippen molar-refractivity contribution < 1.29 is 4.79 Å². The lowest BCUT2D eigenvalue weighted by atomic mass is 10.2. The quantitative estimate of drug-likeness (QED) is 0.840. The van der Waals surface area contributed by atoms with Gasteiger partial charge in [-0.2, -0.15) is 0 Å². The third-order valence-corrected chi connectivity index (χ3v) is 5.04. The molecule has 4 rings (SSSR count). The van der Waals surface area contributed by atoms with Gasteiger partial charge in [-0.15, -0.1) is 0 Å². The average Bonchev–Trinajstić information content (AvgIpc) is 3.13. The number of hydrogen-bond donors (Lipinski definition) is 0. The van der Waals surface area contributed by atoms with Crippen LogP contribution in [0.1, 0.15) is 29.6 Å². The fraction of sp³-hybridized carbons (Fsp3) is 0.474. The molecule has 2 aromatic rings. The molecule has 26 heavy (non-hydrogen) atoms. The molecular formula is C19H24N6O. The van der Waals surface area contributed by atoms with Crippen LogP contribution in [0.2, 0.25) is 0 Å². The fourth-order valence-electron chi connectivity index (χ4n) is 3.69. The number of carbonyl (C=O) groups excluding carboxylic acids is 1. The summed E-state index contributed by atoms with van der Waals surface area (Å²) >= 11 is 0. The zero-order valence-corrected chi connectivity index (χ0v) is 14.9. The fourth-order valence-corrected chi connectivity index (χ4v) is 3.69. The van der Waals surface area contributed by atoms with Gasteiger partial charge in [-0.05, 0) is 37.5 Å². The maximum atomic E-state index is 12.9. The first-order valence-electron chi connectivity index (χ1n) is 9.34. The van der Waals surface area contributed by atoms with Crippen molar-refractivity contribution in [3.63, 3.8) is 0 Å². The highest BCUT2D eigenvalue weighted by atomic mass is 16.2. The van der Waals surface area contributed by atoms with Crippen LogP contribution < -0.4 is 9.80 Å². The highest BCUT2D eigenvalue weighted by molar-refractivity contribution is 5.99. The molecule has 0 radical (unpaired) electrons. The van der Waals surface area contributed by atoms with Gasteiger partial charge in [0, 0.05) is 57.9 Å². The van der Waals surface area contributed by atoms with Gasteiger partial charge in [0.25, 0.3) is 5.91 Å². The number of hydrogen-bond acceptors (Lipinski definition) is 6. The molecule has 0 unspecified atom stereocenters. The van der Waals surface area contributed by atoms with Gasteiger partial charge in [-0.25, -0.2) is 15.0 Å². The van der Waals surface area contributed by atoms with Crippen LogP contribution in [0.25, 0.3) is 0 Å². The van der Waals surface area contributed by atoms with Gasteiger partial charge in [0.15, 0.2) is 0 Å². The summed E-state index contributed by atoms with van der Waals surface area (Å²) in [5.74, 6) is 1.68. The van der Waals surface area contributed by atoms with Gasteiger partial charge in [0.05, 0.1) is 5.56 Å². The molecule has 136 valence electrons. The number of rotatable bonds is 3. The number of carbonyl (C=O) groups is 1. The number of nitrogens with zero attached hydrogens (tertiary/aromatic N) is 6. The predicted octanol–water partition coefficient (Wildman–Crippen LogP) is 1.82. The summed E-state index contributed by atoms with van der Waals surface area (Å²) in [4.78, 5) is 32.6. The second kappa shape index (κ2) is 7.68. The molecule has 2 aliphatic rings. The van der Waals surface area contributed by atoms with Crippen LogP contribution in [0.5, 0.6) is 0 Å². The van der Waals surface area contributed by atoms with E-state index in [-0.39, 0.29) is 5.91 Å². The monoisotopic (exact) mass is 352 g/mol. The molecule has 7 nitrogen and oxygen atoms in total. The number of pyridine rings is 1. The van der Waals surface area contributed by atoms with E-state index in [1.807, 2.05) is 23.1 Å². The molecule has 0 spiro atoms. The van der Waals surface area contributed by atoms with E-state index in [4.69, 9.17) is 0 Å². The van der Waals surface area contributed by atoms with E-state index in [9.17, 15) is 4.79 Å². The third-order valence-electron chi connectivity index (χ3n) is 5.04. The first-order chi connectivity index (χ1) is 12.8. The van der Waals surface area contributed by atoms with E-state index in [1.54, 1.807) is 18.6 Å². The van der Waals surface area contributed by atoms with Crippen molar-refractivity contribution in [1.82, 2.24) is 19.9 Å². The van der Waals surface area contributed by atoms with Crippen LogP contribution >= 0.6 is 0 Å². The molecule has 2 aliphatic heterocycles. The standard InChI is InChI=1S/C19H24N6O/c26-18(24-10-1-2-11-24)16-6-3-7-20-17(16)23-12-5-13-25(15-14-23)19-21-8-4-9-22-19/h3-4,6-9H,1-2,5,10-15H2. The van der Waals surface area contributed by atoms with Crippen molar-refractivity contribution in [3.8, 4) is 0 Å². The third kappa shape index (κ3) is 3.47. The van der Waals surface area contributed by atoms with Crippen molar-refractivity contribution in [1.29, 1.82) is 0 Å². The number of aromatic nitrogens is 3. The normalized spacial score (nSPS) is 18.1. The van der Waals surface area contributed by atoms with Crippen molar-refractivity contribution in [2.45, 2.75) is 19.3 Å². The summed E-state index contributed by atoms with van der Waals surface area (Å²) in [5.41, 5.74) is 0.721. The van der Waals surface area contributed by atoms with Crippen LogP contribution in [0.4, 0.5) is 11.8 Å². The van der Waals surface area contributed by atoms with Crippen molar-refractivity contribution in [3.05, 3.63) is 42.4 Å². The van der Waals surface area contributed by atoms with Crippen LogP contribution in [0.15, 0.2) is 36.8 Å². The van der Waals surface area contributed by atoms with Crippen LogP contribution in [-0.2, 0) is 0 Å². The minimum Gasteiger partial charge on any atom is -0.354 e. The van der Waals surface area contributed by atoms with Crippen LogP contribution in [-0.4, -0.2) is 65.0 Å². The Morgan fingerprint density at radius 1 is 0.769 bits per heavy atom. The molecule has 0 saturated carbocycles. The minimum absolute atomic E-state index is 0.109. The molecule has 0 aliphatic carbocycles. The second-order valence-electron chi connectivity index (χ2n) is 6.75. The van der Waals surface area contributed by atoms with E-state index in [0.29, 0.717) is 0 Å². The SMILES string of the molecule is O=C(c1cccnc1N1CCCN(c2ncccn2)CC1)N1CCCC1. The van der Waals surface area contributed by atoms with Gasteiger partial charge in [-0.3, -0.25) is 4.79 Å². The molecule has 2 fully saturated rings. The predicted molar refractivity (Wildman–Crippen MR) is 100 cm³/mol. The molecule has 7 heteroatoms. The number of anilines is 2. The molecule has 4 heterocycles. The van der Waals surface area contributed by atoms with E-state index in [1.165, 1.54) is 0 Å². The molecular weight excluding hydrogens is 328 g/mol. The summed E-state index contributed by atoms with van der Waals surface area (Å²) < 4.78 is 0. The van der Waals surface area contributed by atoms with Gasteiger partial charge < -0.3 is 14.7 Å². The molecule has 0 N–H and O–H groups in total.